The summed E-state index contributed by atoms with van der Waals surface area (Å²) in [6.07, 6.45) is 2.37. The molecule has 0 saturated heterocycles. The molecule has 11 rings (SSSR count). The summed E-state index contributed by atoms with van der Waals surface area (Å²) in [5.74, 6) is 0. The molecule has 2 heteroatoms. The largest absolute Gasteiger partial charge is 0.307 e. The molecule has 250 valence electrons. The first-order chi connectivity index (χ1) is 25.3. The molecule has 2 nitrogen and oxygen atoms in total. The molecule has 0 atom stereocenters. The summed E-state index contributed by atoms with van der Waals surface area (Å²) in [5.41, 5.74) is 10.6. The van der Waals surface area contributed by atoms with Crippen LogP contribution < -0.4 is 0 Å². The van der Waals surface area contributed by atoms with Gasteiger partial charge in [-0.05, 0) is 110 Å². The van der Waals surface area contributed by atoms with Gasteiger partial charge in [0, 0.05) is 32.9 Å². The average molecular weight is 669 g/mol. The molecule has 0 fully saturated rings. The van der Waals surface area contributed by atoms with Gasteiger partial charge in [-0.2, -0.15) is 0 Å². The van der Waals surface area contributed by atoms with Crippen LogP contribution in [0.2, 0.25) is 0 Å². The van der Waals surface area contributed by atoms with Crippen LogP contribution in [0.4, 0.5) is 0 Å². The van der Waals surface area contributed by atoms with E-state index >= 15 is 0 Å². The van der Waals surface area contributed by atoms with Gasteiger partial charge in [-0.3, -0.25) is 0 Å². The van der Waals surface area contributed by atoms with Crippen LogP contribution in [-0.4, -0.2) is 9.13 Å². The lowest BCUT2D eigenvalue weighted by Crippen LogP contribution is -2.33. The summed E-state index contributed by atoms with van der Waals surface area (Å²) in [6.45, 7) is 9.77. The topological polar surface area (TPSA) is 9.86 Å². The Labute approximate surface area is 303 Å². The number of aromatic nitrogens is 2. The van der Waals surface area contributed by atoms with Gasteiger partial charge in [-0.1, -0.05) is 131 Å². The molecule has 52 heavy (non-hydrogen) atoms. The van der Waals surface area contributed by atoms with Gasteiger partial charge < -0.3 is 9.13 Å². The lowest BCUT2D eigenvalue weighted by Gasteiger charge is -2.42. The second-order valence-electron chi connectivity index (χ2n) is 16.4. The highest BCUT2D eigenvalue weighted by molar-refractivity contribution is 6.36. The molecule has 10 aromatic rings. The zero-order chi connectivity index (χ0) is 34.9. The van der Waals surface area contributed by atoms with E-state index in [4.69, 9.17) is 0 Å². The van der Waals surface area contributed by atoms with Crippen molar-refractivity contribution < 1.29 is 0 Å². The highest BCUT2D eigenvalue weighted by Gasteiger charge is 2.38. The Morgan fingerprint density at radius 3 is 1.62 bits per heavy atom. The van der Waals surface area contributed by atoms with E-state index in [9.17, 15) is 0 Å². The second kappa shape index (κ2) is 10.4. The molecule has 2 heterocycles. The fourth-order valence-corrected chi connectivity index (χ4v) is 9.74. The summed E-state index contributed by atoms with van der Waals surface area (Å²) in [6, 6.07) is 54.7. The predicted octanol–water partition coefficient (Wildman–Crippen LogP) is 13.7. The van der Waals surface area contributed by atoms with Crippen LogP contribution >= 0.6 is 0 Å². The van der Waals surface area contributed by atoms with E-state index in [0.29, 0.717) is 0 Å². The molecular formula is C50H40N2. The van der Waals surface area contributed by atoms with Crippen LogP contribution in [0.5, 0.6) is 0 Å². The number of nitrogens with zero attached hydrogens (tertiary/aromatic N) is 2. The Morgan fingerprint density at radius 1 is 0.385 bits per heavy atom. The SMILES string of the molecule is CC1(C)CCC(C)(C)c2cc3c(cc21)c1c2ccccc2c2c4ccccc4n(-c4ccc5ccc6ccccc6c5c4)c2c1n3-c1ccccc1. The van der Waals surface area contributed by atoms with Gasteiger partial charge in [0.1, 0.15) is 0 Å². The molecule has 0 N–H and O–H groups in total. The maximum Gasteiger partial charge on any atom is 0.0795 e. The highest BCUT2D eigenvalue weighted by Crippen LogP contribution is 2.51. The second-order valence-corrected chi connectivity index (χ2v) is 16.4. The Bertz CT molecular complexity index is 3110. The third-order valence-corrected chi connectivity index (χ3v) is 12.5. The van der Waals surface area contributed by atoms with Crippen LogP contribution in [0.1, 0.15) is 51.7 Å². The van der Waals surface area contributed by atoms with Crippen molar-refractivity contribution in [1.82, 2.24) is 9.13 Å². The van der Waals surface area contributed by atoms with E-state index in [-0.39, 0.29) is 10.8 Å². The lowest BCUT2D eigenvalue weighted by atomic mass is 9.63. The quantitative estimate of drug-likeness (QED) is 0.162. The van der Waals surface area contributed by atoms with Crippen LogP contribution in [0.3, 0.4) is 0 Å². The number of benzene rings is 8. The van der Waals surface area contributed by atoms with Gasteiger partial charge >= 0.3 is 0 Å². The highest BCUT2D eigenvalue weighted by atomic mass is 15.0. The molecule has 2 aromatic heterocycles. The molecule has 1 aliphatic rings. The molecule has 0 radical (unpaired) electrons. The summed E-state index contributed by atoms with van der Waals surface area (Å²) >= 11 is 0. The molecule has 1 aliphatic carbocycles. The molecule has 8 aromatic carbocycles. The molecule has 0 spiro atoms. The first-order valence-electron chi connectivity index (χ1n) is 18.7. The average Bonchev–Trinajstić information content (AvgIpc) is 3.70. The first-order valence-corrected chi connectivity index (χ1v) is 18.7. The summed E-state index contributed by atoms with van der Waals surface area (Å²) in [7, 11) is 0. The van der Waals surface area contributed by atoms with Gasteiger partial charge in [0.2, 0.25) is 0 Å². The number of rotatable bonds is 2. The van der Waals surface area contributed by atoms with Crippen molar-refractivity contribution in [1.29, 1.82) is 0 Å². The van der Waals surface area contributed by atoms with Gasteiger partial charge in [-0.15, -0.1) is 0 Å². The molecule has 0 amide bonds. The molecule has 0 aliphatic heterocycles. The van der Waals surface area contributed by atoms with Crippen molar-refractivity contribution in [3.63, 3.8) is 0 Å². The van der Waals surface area contributed by atoms with Crippen molar-refractivity contribution >= 4 is 75.9 Å². The summed E-state index contributed by atoms with van der Waals surface area (Å²) in [5, 5.41) is 13.0. The van der Waals surface area contributed by atoms with Crippen LogP contribution in [-0.2, 0) is 10.8 Å². The Morgan fingerprint density at radius 2 is 0.904 bits per heavy atom. The third kappa shape index (κ3) is 3.95. The predicted molar refractivity (Wildman–Crippen MR) is 223 cm³/mol. The molecule has 0 bridgehead atoms. The van der Waals surface area contributed by atoms with Crippen LogP contribution in [0.25, 0.3) is 87.3 Å². The van der Waals surface area contributed by atoms with E-state index in [2.05, 4.69) is 182 Å². The van der Waals surface area contributed by atoms with E-state index in [1.54, 1.807) is 0 Å². The fraction of sp³-hybridized carbons (Fsp3) is 0.160. The normalized spacial score (nSPS) is 15.5. The van der Waals surface area contributed by atoms with Crippen molar-refractivity contribution in [3.05, 3.63) is 157 Å². The monoisotopic (exact) mass is 668 g/mol. The number of hydrogen-bond acceptors (Lipinski definition) is 0. The van der Waals surface area contributed by atoms with Gasteiger partial charge in [-0.25, -0.2) is 0 Å². The van der Waals surface area contributed by atoms with E-state index in [1.165, 1.54) is 111 Å². The zero-order valence-corrected chi connectivity index (χ0v) is 30.2. The smallest absolute Gasteiger partial charge is 0.0795 e. The van der Waals surface area contributed by atoms with Crippen LogP contribution in [0, 0.1) is 0 Å². The van der Waals surface area contributed by atoms with Gasteiger partial charge in [0.05, 0.1) is 22.1 Å². The van der Waals surface area contributed by atoms with E-state index < -0.39 is 0 Å². The van der Waals surface area contributed by atoms with Crippen molar-refractivity contribution in [3.8, 4) is 11.4 Å². The van der Waals surface area contributed by atoms with Crippen molar-refractivity contribution in [2.24, 2.45) is 0 Å². The molecular weight excluding hydrogens is 629 g/mol. The Hall–Kier alpha value is -5.86. The standard InChI is InChI=1S/C50H40N2/c1-49(2)26-27-50(3,4)42-30-44-40(29-41(42)49)46-37-19-11-10-18-36(37)45-38-20-12-13-21-43(38)52(47(45)48(46)51(44)33-15-6-5-7-16-33)34-25-24-32-23-22-31-14-8-9-17-35(31)39(32)28-34/h5-25,28-30H,26-27H2,1-4H3. The lowest BCUT2D eigenvalue weighted by molar-refractivity contribution is 0.332. The minimum Gasteiger partial charge on any atom is -0.307 e. The van der Waals surface area contributed by atoms with Crippen molar-refractivity contribution in [2.75, 3.05) is 0 Å². The van der Waals surface area contributed by atoms with E-state index in [1.807, 2.05) is 0 Å². The zero-order valence-electron chi connectivity index (χ0n) is 30.2. The Kier molecular flexibility index (Phi) is 5.94. The molecule has 0 unspecified atom stereocenters. The van der Waals surface area contributed by atoms with Gasteiger partial charge in [0.15, 0.2) is 0 Å². The van der Waals surface area contributed by atoms with Gasteiger partial charge in [0.25, 0.3) is 0 Å². The summed E-state index contributed by atoms with van der Waals surface area (Å²) < 4.78 is 5.15. The minimum absolute atomic E-state index is 0.0944. The first kappa shape index (κ1) is 29.8. The maximum absolute atomic E-state index is 2.59. The fourth-order valence-electron chi connectivity index (χ4n) is 9.74. The Balaban J connectivity index is 1.42. The molecule has 0 saturated carbocycles. The van der Waals surface area contributed by atoms with Crippen LogP contribution in [0.15, 0.2) is 146 Å². The number of para-hydroxylation sites is 2. The minimum atomic E-state index is 0.0944. The van der Waals surface area contributed by atoms with E-state index in [0.717, 1.165) is 0 Å². The van der Waals surface area contributed by atoms with Crippen molar-refractivity contribution in [2.45, 2.75) is 51.4 Å². The summed E-state index contributed by atoms with van der Waals surface area (Å²) in [4.78, 5) is 0. The maximum atomic E-state index is 2.59. The third-order valence-electron chi connectivity index (χ3n) is 12.5. The number of hydrogen-bond donors (Lipinski definition) is 0. The number of fused-ring (bicyclic) bond motifs is 14.